The summed E-state index contributed by atoms with van der Waals surface area (Å²) < 4.78 is 1.82. The lowest BCUT2D eigenvalue weighted by molar-refractivity contribution is -0.128. The standard InChI is InChI=1S/C10H18N4OS/c1-7-5-8(14(4)13-7)16-6-10(2,3)9(15)12-11/h5H,6,11H2,1-4H3,(H,12,15). The summed E-state index contributed by atoms with van der Waals surface area (Å²) in [4.78, 5) is 11.5. The van der Waals surface area contributed by atoms with Gasteiger partial charge in [-0.2, -0.15) is 5.10 Å². The van der Waals surface area contributed by atoms with Crippen LogP contribution in [0.2, 0.25) is 0 Å². The normalized spacial score (nSPS) is 11.6. The Morgan fingerprint density at radius 3 is 2.75 bits per heavy atom. The van der Waals surface area contributed by atoms with Crippen LogP contribution in [0.4, 0.5) is 0 Å². The molecule has 0 bridgehead atoms. The molecule has 0 atom stereocenters. The second-order valence-corrected chi connectivity index (χ2v) is 5.39. The van der Waals surface area contributed by atoms with Crippen molar-refractivity contribution in [3.63, 3.8) is 0 Å². The molecule has 0 unspecified atom stereocenters. The summed E-state index contributed by atoms with van der Waals surface area (Å²) in [6.45, 7) is 5.68. The monoisotopic (exact) mass is 242 g/mol. The molecule has 0 saturated carbocycles. The molecule has 90 valence electrons. The van der Waals surface area contributed by atoms with E-state index in [0.29, 0.717) is 5.75 Å². The molecule has 16 heavy (non-hydrogen) atoms. The van der Waals surface area contributed by atoms with Gasteiger partial charge in [-0.3, -0.25) is 14.9 Å². The smallest absolute Gasteiger partial charge is 0.240 e. The molecule has 3 N–H and O–H groups in total. The summed E-state index contributed by atoms with van der Waals surface area (Å²) >= 11 is 1.60. The Morgan fingerprint density at radius 2 is 2.31 bits per heavy atom. The molecule has 0 fully saturated rings. The molecule has 0 aliphatic rings. The van der Waals surface area contributed by atoms with Crippen LogP contribution in [0.5, 0.6) is 0 Å². The van der Waals surface area contributed by atoms with Crippen molar-refractivity contribution >= 4 is 17.7 Å². The lowest BCUT2D eigenvalue weighted by Gasteiger charge is -2.21. The second-order valence-electron chi connectivity index (χ2n) is 4.39. The van der Waals surface area contributed by atoms with Crippen LogP contribution in [0.1, 0.15) is 19.5 Å². The third kappa shape index (κ3) is 2.99. The van der Waals surface area contributed by atoms with Gasteiger partial charge in [0.15, 0.2) is 0 Å². The van der Waals surface area contributed by atoms with Gasteiger partial charge in [0.2, 0.25) is 5.91 Å². The maximum absolute atomic E-state index is 11.5. The number of nitrogens with one attached hydrogen (secondary N) is 1. The number of aryl methyl sites for hydroxylation is 2. The van der Waals surface area contributed by atoms with E-state index in [1.54, 1.807) is 11.8 Å². The Hall–Kier alpha value is -1.01. The number of carbonyl (C=O) groups excluding carboxylic acids is 1. The number of amides is 1. The van der Waals surface area contributed by atoms with Crippen LogP contribution in [0, 0.1) is 12.3 Å². The Bertz CT molecular complexity index is 386. The first-order chi connectivity index (χ1) is 7.36. The van der Waals surface area contributed by atoms with Crippen LogP contribution >= 0.6 is 11.8 Å². The van der Waals surface area contributed by atoms with Gasteiger partial charge >= 0.3 is 0 Å². The summed E-state index contributed by atoms with van der Waals surface area (Å²) in [5, 5.41) is 5.30. The fraction of sp³-hybridized carbons (Fsp3) is 0.600. The van der Waals surface area contributed by atoms with Crippen molar-refractivity contribution in [2.24, 2.45) is 18.3 Å². The number of aromatic nitrogens is 2. The van der Waals surface area contributed by atoms with Gasteiger partial charge in [-0.15, -0.1) is 11.8 Å². The quantitative estimate of drug-likeness (QED) is 0.355. The predicted octanol–water partition coefficient (Wildman–Crippen LogP) is 0.837. The van der Waals surface area contributed by atoms with Crippen LogP contribution < -0.4 is 11.3 Å². The molecular formula is C10H18N4OS. The molecule has 6 heteroatoms. The van der Waals surface area contributed by atoms with Gasteiger partial charge in [-0.1, -0.05) is 13.8 Å². The van der Waals surface area contributed by atoms with E-state index in [0.717, 1.165) is 10.7 Å². The van der Waals surface area contributed by atoms with E-state index in [2.05, 4.69) is 10.5 Å². The van der Waals surface area contributed by atoms with Crippen molar-refractivity contribution in [1.29, 1.82) is 0 Å². The highest BCUT2D eigenvalue weighted by atomic mass is 32.2. The van der Waals surface area contributed by atoms with Gasteiger partial charge < -0.3 is 0 Å². The van der Waals surface area contributed by atoms with E-state index in [9.17, 15) is 4.79 Å². The third-order valence-corrected chi connectivity index (χ3v) is 3.83. The molecule has 0 radical (unpaired) electrons. The average Bonchev–Trinajstić information content (AvgIpc) is 2.53. The van der Waals surface area contributed by atoms with Gasteiger partial charge in [-0.05, 0) is 13.0 Å². The van der Waals surface area contributed by atoms with Crippen molar-refractivity contribution < 1.29 is 4.79 Å². The minimum absolute atomic E-state index is 0.154. The van der Waals surface area contributed by atoms with Gasteiger partial charge in [0.25, 0.3) is 0 Å². The Balaban J connectivity index is 2.64. The van der Waals surface area contributed by atoms with Crippen LogP contribution in [-0.4, -0.2) is 21.4 Å². The molecule has 1 aromatic heterocycles. The molecule has 1 heterocycles. The molecule has 0 spiro atoms. The highest BCUT2D eigenvalue weighted by Crippen LogP contribution is 2.27. The van der Waals surface area contributed by atoms with Crippen LogP contribution in [0.25, 0.3) is 0 Å². The van der Waals surface area contributed by atoms with Crippen molar-refractivity contribution in [2.75, 3.05) is 5.75 Å². The highest BCUT2D eigenvalue weighted by Gasteiger charge is 2.27. The second kappa shape index (κ2) is 4.88. The van der Waals surface area contributed by atoms with Crippen LogP contribution in [0.15, 0.2) is 11.1 Å². The first kappa shape index (κ1) is 13.1. The van der Waals surface area contributed by atoms with Crippen LogP contribution in [-0.2, 0) is 11.8 Å². The Morgan fingerprint density at radius 1 is 1.69 bits per heavy atom. The molecule has 1 rings (SSSR count). The molecule has 0 aliphatic carbocycles. The molecule has 0 aliphatic heterocycles. The van der Waals surface area contributed by atoms with E-state index in [-0.39, 0.29) is 5.91 Å². The van der Waals surface area contributed by atoms with Gasteiger partial charge in [-0.25, -0.2) is 5.84 Å². The van der Waals surface area contributed by atoms with Crippen molar-refractivity contribution in [1.82, 2.24) is 15.2 Å². The number of hydrogen-bond donors (Lipinski definition) is 2. The lowest BCUT2D eigenvalue weighted by atomic mass is 9.96. The first-order valence-corrected chi connectivity index (χ1v) is 6.00. The van der Waals surface area contributed by atoms with Gasteiger partial charge in [0.05, 0.1) is 16.1 Å². The number of carbonyl (C=O) groups is 1. The third-order valence-electron chi connectivity index (χ3n) is 2.29. The lowest BCUT2D eigenvalue weighted by Crippen LogP contribution is -2.42. The zero-order valence-corrected chi connectivity index (χ0v) is 10.9. The van der Waals surface area contributed by atoms with Crippen molar-refractivity contribution in [3.05, 3.63) is 11.8 Å². The van der Waals surface area contributed by atoms with Crippen molar-refractivity contribution in [3.8, 4) is 0 Å². The number of nitrogens with two attached hydrogens (primary N) is 1. The summed E-state index contributed by atoms with van der Waals surface area (Å²) in [5.41, 5.74) is 2.68. The SMILES string of the molecule is Cc1cc(SCC(C)(C)C(=O)NN)n(C)n1. The highest BCUT2D eigenvalue weighted by molar-refractivity contribution is 7.99. The zero-order chi connectivity index (χ0) is 12.3. The predicted molar refractivity (Wildman–Crippen MR) is 64.8 cm³/mol. The van der Waals surface area contributed by atoms with Crippen molar-refractivity contribution in [2.45, 2.75) is 25.8 Å². The number of hydrogen-bond acceptors (Lipinski definition) is 4. The summed E-state index contributed by atoms with van der Waals surface area (Å²) in [5.74, 6) is 5.64. The molecule has 5 nitrogen and oxygen atoms in total. The Labute approximate surface area is 99.7 Å². The molecule has 0 aromatic carbocycles. The molecular weight excluding hydrogens is 224 g/mol. The maximum atomic E-state index is 11.5. The topological polar surface area (TPSA) is 72.9 Å². The van der Waals surface area contributed by atoms with E-state index in [4.69, 9.17) is 5.84 Å². The largest absolute Gasteiger partial charge is 0.294 e. The number of nitrogens with zero attached hydrogens (tertiary/aromatic N) is 2. The van der Waals surface area contributed by atoms with Gasteiger partial charge in [0.1, 0.15) is 0 Å². The number of hydrazine groups is 1. The minimum atomic E-state index is -0.489. The summed E-state index contributed by atoms with van der Waals surface area (Å²) in [6.07, 6.45) is 0. The molecule has 1 aromatic rings. The molecule has 0 saturated heterocycles. The fourth-order valence-corrected chi connectivity index (χ4v) is 2.36. The maximum Gasteiger partial charge on any atom is 0.240 e. The fourth-order valence-electron chi connectivity index (χ4n) is 1.24. The van der Waals surface area contributed by atoms with E-state index in [1.165, 1.54) is 0 Å². The minimum Gasteiger partial charge on any atom is -0.294 e. The zero-order valence-electron chi connectivity index (χ0n) is 10.1. The van der Waals surface area contributed by atoms with E-state index < -0.39 is 5.41 Å². The summed E-state index contributed by atoms with van der Waals surface area (Å²) in [7, 11) is 1.89. The molecule has 1 amide bonds. The van der Waals surface area contributed by atoms with Gasteiger partial charge in [0, 0.05) is 12.8 Å². The average molecular weight is 242 g/mol. The van der Waals surface area contributed by atoms with E-state index >= 15 is 0 Å². The number of rotatable bonds is 4. The number of thioether (sulfide) groups is 1. The first-order valence-electron chi connectivity index (χ1n) is 5.01. The van der Waals surface area contributed by atoms with Crippen LogP contribution in [0.3, 0.4) is 0 Å². The van der Waals surface area contributed by atoms with E-state index in [1.807, 2.05) is 38.6 Å². The Kier molecular flexibility index (Phi) is 3.98. The summed E-state index contributed by atoms with van der Waals surface area (Å²) in [6, 6.07) is 2.00.